The van der Waals surface area contributed by atoms with Crippen LogP contribution in [0, 0.1) is 0 Å². The van der Waals surface area contributed by atoms with Crippen LogP contribution in [0.4, 0.5) is 50.9 Å². The van der Waals surface area contributed by atoms with E-state index in [0.29, 0.717) is 0 Å². The molecule has 20 heteroatoms. The zero-order chi connectivity index (χ0) is 40.4. The Morgan fingerprint density at radius 3 is 1.06 bits per heavy atom. The highest BCUT2D eigenvalue weighted by Crippen LogP contribution is 2.19. The number of carbonyl (C=O) groups is 3. The van der Waals surface area contributed by atoms with Crippen molar-refractivity contribution in [1.82, 2.24) is 0 Å². The number of aromatic nitrogens is 2. The van der Waals surface area contributed by atoms with Gasteiger partial charge in [0, 0.05) is 37.1 Å². The van der Waals surface area contributed by atoms with Crippen LogP contribution in [0.15, 0.2) is 73.1 Å². The number of nitrogens with zero attached hydrogens (tertiary/aromatic N) is 2. The molecule has 54 heavy (non-hydrogen) atoms. The van der Waals surface area contributed by atoms with Crippen LogP contribution in [0.5, 0.6) is 0 Å². The third-order valence-corrected chi connectivity index (χ3v) is 7.17. The van der Waals surface area contributed by atoms with Gasteiger partial charge in [0.15, 0.2) is 12.4 Å². The SMILES string of the molecule is Nc1cc[n+](CCCCCCCCCC[n+]2ccc(N)c3ccccc32)c2ccccc12.O.O=C(O)C(F)(F)F.O=C([O-])C(F)(F)F.O=C([O-])C(F)(F)F. The number of pyridine rings is 2. The Labute approximate surface area is 302 Å². The lowest BCUT2D eigenvalue weighted by Crippen LogP contribution is -2.37. The van der Waals surface area contributed by atoms with Gasteiger partial charge in [-0.15, -0.1) is 0 Å². The Balaban J connectivity index is 0.00000105. The van der Waals surface area contributed by atoms with Crippen molar-refractivity contribution in [3.63, 3.8) is 0 Å². The smallest absolute Gasteiger partial charge is 0.490 e. The molecular formula is C34H39F9N4O7. The number of aryl methyl sites for hydroxylation is 2. The summed E-state index contributed by atoms with van der Waals surface area (Å²) in [5.41, 5.74) is 16.4. The first-order valence-electron chi connectivity index (χ1n) is 15.8. The number of carboxylic acid groups (broad SMARTS) is 3. The first-order valence-corrected chi connectivity index (χ1v) is 15.8. The van der Waals surface area contributed by atoms with Crippen molar-refractivity contribution in [3.05, 3.63) is 73.1 Å². The van der Waals surface area contributed by atoms with Crippen LogP contribution >= 0.6 is 0 Å². The number of hydrogen-bond donors (Lipinski definition) is 3. The number of hydrogen-bond acceptors (Lipinski definition) is 7. The summed E-state index contributed by atoms with van der Waals surface area (Å²) in [7, 11) is 0. The molecule has 4 rings (SSSR count). The molecule has 0 saturated carbocycles. The van der Waals surface area contributed by atoms with Crippen molar-refractivity contribution in [2.75, 3.05) is 11.5 Å². The quantitative estimate of drug-likeness (QED) is 0.115. The number of aliphatic carboxylic acids is 3. The number of anilines is 2. The number of carbonyl (C=O) groups excluding carboxylic acids is 2. The zero-order valence-corrected chi connectivity index (χ0v) is 28.4. The highest BCUT2D eigenvalue weighted by atomic mass is 19.4. The average Bonchev–Trinajstić information content (AvgIpc) is 3.07. The van der Waals surface area contributed by atoms with Crippen LogP contribution in [-0.2, 0) is 27.5 Å². The lowest BCUT2D eigenvalue weighted by molar-refractivity contribution is -0.672. The van der Waals surface area contributed by atoms with Gasteiger partial charge in [-0.25, -0.2) is 4.79 Å². The van der Waals surface area contributed by atoms with Gasteiger partial charge < -0.3 is 41.9 Å². The van der Waals surface area contributed by atoms with Gasteiger partial charge in [0.05, 0.1) is 22.1 Å². The molecule has 2 aromatic heterocycles. The fourth-order valence-electron chi connectivity index (χ4n) is 4.63. The Hall–Kier alpha value is -5.40. The number of halogens is 9. The Kier molecular flexibility index (Phi) is 20.4. The minimum atomic E-state index is -5.19. The molecule has 2 aromatic carbocycles. The van der Waals surface area contributed by atoms with Crippen molar-refractivity contribution in [2.45, 2.75) is 83.0 Å². The molecule has 0 aliphatic heterocycles. The van der Waals surface area contributed by atoms with E-state index >= 15 is 0 Å². The Bertz CT molecular complexity index is 1630. The number of para-hydroxylation sites is 2. The lowest BCUT2D eigenvalue weighted by atomic mass is 10.1. The largest absolute Gasteiger partial charge is 0.542 e. The van der Waals surface area contributed by atoms with E-state index < -0.39 is 36.4 Å². The van der Waals surface area contributed by atoms with Gasteiger partial charge in [-0.05, 0) is 25.0 Å². The zero-order valence-electron chi connectivity index (χ0n) is 28.4. The minimum Gasteiger partial charge on any atom is -0.542 e. The second kappa shape index (κ2) is 22.6. The predicted molar refractivity (Wildman–Crippen MR) is 173 cm³/mol. The molecule has 0 spiro atoms. The van der Waals surface area contributed by atoms with Gasteiger partial charge in [-0.3, -0.25) is 0 Å². The first-order chi connectivity index (χ1) is 24.6. The van der Waals surface area contributed by atoms with Crippen molar-refractivity contribution in [2.24, 2.45) is 0 Å². The van der Waals surface area contributed by atoms with Crippen LogP contribution < -0.4 is 30.8 Å². The molecule has 4 aromatic rings. The van der Waals surface area contributed by atoms with E-state index in [1.165, 1.54) is 62.4 Å². The minimum absolute atomic E-state index is 0. The normalized spacial score (nSPS) is 11.1. The van der Waals surface area contributed by atoms with Gasteiger partial charge >= 0.3 is 24.5 Å². The summed E-state index contributed by atoms with van der Waals surface area (Å²) in [6.45, 7) is 2.13. The van der Waals surface area contributed by atoms with Gasteiger partial charge in [-0.2, -0.15) is 48.6 Å². The molecule has 0 fully saturated rings. The number of fused-ring (bicyclic) bond motifs is 2. The van der Waals surface area contributed by atoms with E-state index in [1.54, 1.807) is 0 Å². The van der Waals surface area contributed by atoms with Crippen LogP contribution in [0.3, 0.4) is 0 Å². The van der Waals surface area contributed by atoms with Gasteiger partial charge in [0.25, 0.3) is 0 Å². The summed E-state index contributed by atoms with van der Waals surface area (Å²) in [5.74, 6) is -8.77. The molecule has 0 saturated heterocycles. The number of nitrogen functional groups attached to an aromatic ring is 2. The van der Waals surface area contributed by atoms with Crippen molar-refractivity contribution in [1.29, 1.82) is 0 Å². The summed E-state index contributed by atoms with van der Waals surface area (Å²) in [5, 5.41) is 27.0. The number of alkyl halides is 9. The molecule has 0 radical (unpaired) electrons. The predicted octanol–water partition coefficient (Wildman–Crippen LogP) is 3.96. The molecule has 0 aliphatic rings. The van der Waals surface area contributed by atoms with Crippen molar-refractivity contribution < 1.29 is 83.8 Å². The van der Waals surface area contributed by atoms with Crippen LogP contribution in [0.1, 0.15) is 51.4 Å². The third kappa shape index (κ3) is 17.9. The van der Waals surface area contributed by atoms with Crippen LogP contribution in [-0.4, -0.2) is 47.0 Å². The van der Waals surface area contributed by atoms with E-state index in [4.69, 9.17) is 41.2 Å². The summed E-state index contributed by atoms with van der Waals surface area (Å²) in [4.78, 5) is 26.5. The lowest BCUT2D eigenvalue weighted by Gasteiger charge is -2.05. The molecule has 0 aliphatic carbocycles. The number of benzene rings is 2. The Morgan fingerprint density at radius 2 is 0.796 bits per heavy atom. The second-order valence-electron chi connectivity index (χ2n) is 11.2. The molecule has 11 nitrogen and oxygen atoms in total. The number of nitrogens with two attached hydrogens (primary N) is 2. The molecular weight excluding hydrogens is 747 g/mol. The maximum atomic E-state index is 10.6. The first kappa shape index (κ1) is 48.6. The number of carboxylic acids is 3. The van der Waals surface area contributed by atoms with Gasteiger partial charge in [0.2, 0.25) is 11.0 Å². The molecule has 0 amide bonds. The van der Waals surface area contributed by atoms with Gasteiger partial charge in [0.1, 0.15) is 25.0 Å². The summed E-state index contributed by atoms with van der Waals surface area (Å²) in [6, 6.07) is 20.9. The van der Waals surface area contributed by atoms with Crippen LogP contribution in [0.2, 0.25) is 0 Å². The van der Waals surface area contributed by atoms with E-state index in [2.05, 4.69) is 70.1 Å². The monoisotopic (exact) mass is 786 g/mol. The molecule has 2 heterocycles. The van der Waals surface area contributed by atoms with E-state index in [1.807, 2.05) is 12.1 Å². The van der Waals surface area contributed by atoms with Crippen molar-refractivity contribution >= 4 is 51.1 Å². The molecule has 0 bridgehead atoms. The Morgan fingerprint density at radius 1 is 0.537 bits per heavy atom. The maximum Gasteiger partial charge on any atom is 0.490 e. The van der Waals surface area contributed by atoms with E-state index in [9.17, 15) is 39.5 Å². The molecule has 0 atom stereocenters. The van der Waals surface area contributed by atoms with E-state index in [0.717, 1.165) is 35.2 Å². The summed E-state index contributed by atoms with van der Waals surface area (Å²) >= 11 is 0. The summed E-state index contributed by atoms with van der Waals surface area (Å²) in [6.07, 6.45) is -0.872. The van der Waals surface area contributed by atoms with Crippen LogP contribution in [0.25, 0.3) is 21.8 Å². The number of unbranched alkanes of at least 4 members (excludes halogenated alkanes) is 7. The molecule has 0 unspecified atom stereocenters. The highest BCUT2D eigenvalue weighted by molar-refractivity contribution is 5.88. The number of rotatable bonds is 11. The molecule has 300 valence electrons. The second-order valence-corrected chi connectivity index (χ2v) is 11.2. The third-order valence-electron chi connectivity index (χ3n) is 7.17. The van der Waals surface area contributed by atoms with E-state index in [-0.39, 0.29) is 5.48 Å². The standard InChI is InChI=1S/C28H34N4.3C2HF3O2.H2O/c29-25-17-21-31(27-15-9-7-13-23(25)27)19-11-5-3-1-2-4-6-12-20-32-22-18-26(30)24-14-8-10-16-28(24)32;3*3-2(4,5)1(6)7;/h7-10,13-18,21-22,29-30H,1-6,11-12,19-20H2;3*(H,6,7);1H2. The van der Waals surface area contributed by atoms with Gasteiger partial charge in [-0.1, -0.05) is 49.9 Å². The average molecular weight is 787 g/mol. The molecule has 7 N–H and O–H groups in total. The summed E-state index contributed by atoms with van der Waals surface area (Å²) < 4.78 is 99.5. The van der Waals surface area contributed by atoms with Crippen molar-refractivity contribution in [3.8, 4) is 0 Å². The highest BCUT2D eigenvalue weighted by Gasteiger charge is 2.38. The topological polar surface area (TPSA) is 209 Å². The fourth-order valence-corrected chi connectivity index (χ4v) is 4.63. The maximum absolute atomic E-state index is 10.6. The fraction of sp³-hybridized carbons (Fsp3) is 0.382.